The molecule has 2 heterocycles. The Balaban J connectivity index is 1.10. The van der Waals surface area contributed by atoms with Gasteiger partial charge >= 0.3 is 10.1 Å². The molecule has 0 N–H and O–H groups in total. The summed E-state index contributed by atoms with van der Waals surface area (Å²) < 4.78 is 5.13. The lowest BCUT2D eigenvalue weighted by molar-refractivity contribution is 0.134. The highest BCUT2D eigenvalue weighted by atomic mass is 32.2. The van der Waals surface area contributed by atoms with Crippen molar-refractivity contribution in [1.82, 2.24) is 14.6 Å². The minimum absolute atomic E-state index is 0.261. The van der Waals surface area contributed by atoms with Gasteiger partial charge in [-0.15, -0.1) is 0 Å². The van der Waals surface area contributed by atoms with Crippen LogP contribution in [0.3, 0.4) is 0 Å². The summed E-state index contributed by atoms with van der Waals surface area (Å²) in [6.07, 6.45) is 44.4. The first-order valence-electron chi connectivity index (χ1n) is 19.8. The van der Waals surface area contributed by atoms with Gasteiger partial charge in [0.25, 0.3) is 0 Å². The Morgan fingerprint density at radius 1 is 0.769 bits per heavy atom. The van der Waals surface area contributed by atoms with Gasteiger partial charge in [0, 0.05) is 28.9 Å². The maximum absolute atomic E-state index is 5.65. The number of hydrogen-bond donors (Lipinski definition) is 0. The monoisotopic (exact) mass is 696 g/mol. The van der Waals surface area contributed by atoms with Crippen LogP contribution in [0.4, 0.5) is 0 Å². The molecule has 0 radical (unpaired) electrons. The van der Waals surface area contributed by atoms with E-state index in [0.29, 0.717) is 29.6 Å². The van der Waals surface area contributed by atoms with Crippen molar-refractivity contribution >= 4 is 27.4 Å². The van der Waals surface area contributed by atoms with Crippen molar-refractivity contribution in [2.45, 2.75) is 70.1 Å². The first-order chi connectivity index (χ1) is 25.8. The third kappa shape index (κ3) is 5.91. The normalized spacial score (nSPS) is 30.2. The van der Waals surface area contributed by atoms with Crippen molar-refractivity contribution in [3.05, 3.63) is 161 Å². The fourth-order valence-corrected chi connectivity index (χ4v) is 11.2. The van der Waals surface area contributed by atoms with Crippen LogP contribution in [0.25, 0.3) is 16.8 Å². The average molecular weight is 697 g/mol. The Hall–Kier alpha value is -4.50. The summed E-state index contributed by atoms with van der Waals surface area (Å²) in [7, 11) is 0. The van der Waals surface area contributed by atoms with Gasteiger partial charge < -0.3 is 0 Å². The van der Waals surface area contributed by atoms with Gasteiger partial charge in [-0.3, -0.25) is 0 Å². The largest absolute Gasteiger partial charge is 0.377 e. The molecule has 2 aromatic rings. The van der Waals surface area contributed by atoms with Crippen molar-refractivity contribution in [1.29, 1.82) is 0 Å². The van der Waals surface area contributed by atoms with Crippen LogP contribution in [0.5, 0.6) is 0 Å². The summed E-state index contributed by atoms with van der Waals surface area (Å²) in [6, 6.07) is 13.2. The highest BCUT2D eigenvalue weighted by Gasteiger charge is 2.48. The molecule has 1 fully saturated rings. The van der Waals surface area contributed by atoms with Crippen molar-refractivity contribution in [2.75, 3.05) is 0 Å². The third-order valence-electron chi connectivity index (χ3n) is 12.7. The molecule has 8 aliphatic rings. The molecule has 0 bridgehead atoms. The molecule has 6 unspecified atom stereocenters. The molecular weight excluding hydrogens is 651 g/mol. The molecule has 0 spiro atoms. The quantitative estimate of drug-likeness (QED) is 0.282. The predicted octanol–water partition coefficient (Wildman–Crippen LogP) is 11.2. The molecule has 3 nitrogen and oxygen atoms in total. The first-order valence-corrected chi connectivity index (χ1v) is 20.6. The van der Waals surface area contributed by atoms with E-state index in [1.54, 1.807) is 11.1 Å². The summed E-state index contributed by atoms with van der Waals surface area (Å²) in [5.74, 6) is 3.86. The Labute approximate surface area is 312 Å². The number of thioether (sulfide) groups is 1. The van der Waals surface area contributed by atoms with E-state index in [2.05, 4.69) is 121 Å². The first kappa shape index (κ1) is 32.2. The summed E-state index contributed by atoms with van der Waals surface area (Å²) in [6.45, 7) is 0. The van der Waals surface area contributed by atoms with Gasteiger partial charge in [0.15, 0.2) is 5.82 Å². The summed E-state index contributed by atoms with van der Waals surface area (Å²) >= 11 is 1.89. The van der Waals surface area contributed by atoms with Crippen molar-refractivity contribution in [3.8, 4) is 11.3 Å². The van der Waals surface area contributed by atoms with Gasteiger partial charge in [-0.25, -0.2) is 9.97 Å². The minimum atomic E-state index is 0.261. The Kier molecular flexibility index (Phi) is 8.54. The number of allylic oxidation sites excluding steroid dienone is 18. The summed E-state index contributed by atoms with van der Waals surface area (Å²) in [4.78, 5) is 11.0. The highest BCUT2D eigenvalue weighted by Crippen LogP contribution is 2.58. The van der Waals surface area contributed by atoms with Crippen LogP contribution in [0.15, 0.2) is 149 Å². The van der Waals surface area contributed by atoms with E-state index < -0.39 is 0 Å². The van der Waals surface area contributed by atoms with E-state index in [0.717, 1.165) is 48.3 Å². The third-order valence-corrected chi connectivity index (χ3v) is 13.8. The fourth-order valence-electron chi connectivity index (χ4n) is 10.3. The molecule has 52 heavy (non-hydrogen) atoms. The van der Waals surface area contributed by atoms with E-state index in [4.69, 9.17) is 14.6 Å². The number of benzene rings is 1. The Morgan fingerprint density at radius 3 is 2.50 bits per heavy atom. The molecule has 10 rings (SSSR count). The number of rotatable bonds is 6. The molecule has 1 saturated carbocycles. The molecule has 6 atom stereocenters. The van der Waals surface area contributed by atoms with Crippen LogP contribution in [-0.2, 0) is 0 Å². The van der Waals surface area contributed by atoms with Crippen molar-refractivity contribution in [2.24, 2.45) is 29.6 Å². The summed E-state index contributed by atoms with van der Waals surface area (Å²) in [5, 5.41) is 2.42. The maximum Gasteiger partial charge on any atom is 0.377 e. The van der Waals surface area contributed by atoms with Crippen molar-refractivity contribution < 1.29 is 0 Å². The number of hydrogen-bond acceptors (Lipinski definition) is 3. The second kappa shape index (κ2) is 13.8. The zero-order valence-electron chi connectivity index (χ0n) is 29.8. The average Bonchev–Trinajstić information content (AvgIpc) is 3.20. The highest BCUT2D eigenvalue weighted by molar-refractivity contribution is 8.28. The van der Waals surface area contributed by atoms with E-state index >= 15 is 0 Å². The standard InChI is InChI=1S/C48H46N3S/c1-3-15-32(16-4-1)42-30-43(50-46(49-42)36-27-26-31-14-7-8-19-34(31)28-36)45-41-25-12-10-23-39(41)38-22-9-11-24-40(38)44(45)35-20-13-21-37(29-35)48-51-47(52-48)33-17-5-2-6-18-33/h1-5,7-8,11,13-17,19-21,24,27-28,30-31,35,38-39,41,45H,6,9-10,12,18,22-23,25-26,29H2/q+1. The van der Waals surface area contributed by atoms with E-state index in [1.807, 2.05) is 11.8 Å². The number of aromatic nitrogens is 2. The van der Waals surface area contributed by atoms with E-state index in [-0.39, 0.29) is 5.92 Å². The van der Waals surface area contributed by atoms with Crippen LogP contribution in [0.2, 0.25) is 0 Å². The molecule has 258 valence electrons. The van der Waals surface area contributed by atoms with Crippen LogP contribution < -0.4 is 4.67 Å². The smallest absolute Gasteiger partial charge is 0.232 e. The minimum Gasteiger partial charge on any atom is -0.232 e. The summed E-state index contributed by atoms with van der Waals surface area (Å²) in [5.41, 5.74) is 11.9. The van der Waals surface area contributed by atoms with Gasteiger partial charge in [0.05, 0.1) is 34.3 Å². The lowest BCUT2D eigenvalue weighted by Gasteiger charge is -2.50. The van der Waals surface area contributed by atoms with E-state index in [9.17, 15) is 0 Å². The van der Waals surface area contributed by atoms with Gasteiger partial charge in [-0.1, -0.05) is 132 Å². The van der Waals surface area contributed by atoms with Gasteiger partial charge in [0.2, 0.25) is 0 Å². The van der Waals surface area contributed by atoms with Crippen LogP contribution in [0, 0.1) is 29.6 Å². The molecule has 1 aromatic carbocycles. The zero-order valence-corrected chi connectivity index (χ0v) is 30.6. The van der Waals surface area contributed by atoms with Crippen LogP contribution >= 0.6 is 11.8 Å². The molecule has 0 amide bonds. The number of fused-ring (bicyclic) bond motifs is 4. The second-order valence-electron chi connectivity index (χ2n) is 15.7. The molecule has 4 heteroatoms. The van der Waals surface area contributed by atoms with Gasteiger partial charge in [-0.05, 0) is 92.4 Å². The molecular formula is C48H46N3S+. The van der Waals surface area contributed by atoms with Gasteiger partial charge in [-0.2, -0.15) is 0 Å². The topological polar surface area (TPSA) is 39.9 Å². The van der Waals surface area contributed by atoms with Crippen LogP contribution in [-0.4, -0.2) is 20.1 Å². The molecule has 1 aliphatic heterocycles. The van der Waals surface area contributed by atoms with Crippen molar-refractivity contribution in [3.63, 3.8) is 0 Å². The lowest BCUT2D eigenvalue weighted by atomic mass is 9.54. The Bertz CT molecular complexity index is 2190. The maximum atomic E-state index is 5.65. The predicted molar refractivity (Wildman–Crippen MR) is 219 cm³/mol. The lowest BCUT2D eigenvalue weighted by Crippen LogP contribution is -2.40. The fraction of sp³-hybridized carbons (Fsp3) is 0.333. The Morgan fingerprint density at radius 2 is 1.62 bits per heavy atom. The zero-order chi connectivity index (χ0) is 34.4. The molecule has 0 saturated heterocycles. The SMILES string of the molecule is C1=CCCC(C2=[N+]=C(C3=CC=CC(C4=C5C=CCCC5C5CCCCC5C4c4cc(-c5ccccc5)nc(C5=CCC6C=CC=CC6=C5)n4)C3)S2)=C1. The van der Waals surface area contributed by atoms with Gasteiger partial charge in [0.1, 0.15) is 0 Å². The van der Waals surface area contributed by atoms with Crippen LogP contribution in [0.1, 0.15) is 81.6 Å². The molecule has 1 aromatic heterocycles. The van der Waals surface area contributed by atoms with E-state index in [1.165, 1.54) is 71.0 Å². The number of nitrogens with zero attached hydrogens (tertiary/aromatic N) is 3. The molecule has 7 aliphatic carbocycles. The second-order valence-corrected chi connectivity index (χ2v) is 16.7.